The van der Waals surface area contributed by atoms with Gasteiger partial charge in [-0.2, -0.15) is 0 Å². The molecule has 166 valence electrons. The highest BCUT2D eigenvalue weighted by atomic mass is 35.5. The van der Waals surface area contributed by atoms with E-state index in [4.69, 9.17) is 11.6 Å². The van der Waals surface area contributed by atoms with Crippen molar-refractivity contribution in [2.45, 2.75) is 38.8 Å². The second-order valence-electron chi connectivity index (χ2n) is 7.81. The third kappa shape index (κ3) is 6.96. The van der Waals surface area contributed by atoms with Crippen molar-refractivity contribution in [3.63, 3.8) is 0 Å². The molecule has 2 amide bonds. The van der Waals surface area contributed by atoms with Gasteiger partial charge in [0.25, 0.3) is 0 Å². The number of nitrogens with zero attached hydrogens (tertiary/aromatic N) is 1. The Hall–Kier alpha value is -3.11. The van der Waals surface area contributed by atoms with E-state index < -0.39 is 6.04 Å². The van der Waals surface area contributed by atoms with Crippen LogP contribution in [0.15, 0.2) is 84.9 Å². The average Bonchev–Trinajstić information content (AvgIpc) is 2.82. The lowest BCUT2D eigenvalue weighted by Crippen LogP contribution is -2.51. The first-order chi connectivity index (χ1) is 15.6. The van der Waals surface area contributed by atoms with E-state index >= 15 is 0 Å². The van der Waals surface area contributed by atoms with Crippen LogP contribution in [0, 0.1) is 0 Å². The first-order valence-corrected chi connectivity index (χ1v) is 11.3. The number of hydrogen-bond acceptors (Lipinski definition) is 2. The van der Waals surface area contributed by atoms with Crippen LogP contribution in [0.25, 0.3) is 0 Å². The Labute approximate surface area is 195 Å². The van der Waals surface area contributed by atoms with Gasteiger partial charge < -0.3 is 10.2 Å². The van der Waals surface area contributed by atoms with Crippen LogP contribution < -0.4 is 5.32 Å². The van der Waals surface area contributed by atoms with Crippen LogP contribution in [0.4, 0.5) is 0 Å². The summed E-state index contributed by atoms with van der Waals surface area (Å²) in [6.07, 6.45) is 1.49. The molecule has 0 bridgehead atoms. The van der Waals surface area contributed by atoms with Gasteiger partial charge in [-0.1, -0.05) is 91.3 Å². The zero-order valence-electron chi connectivity index (χ0n) is 18.3. The van der Waals surface area contributed by atoms with Crippen LogP contribution in [0.5, 0.6) is 0 Å². The normalized spacial score (nSPS) is 11.6. The Morgan fingerprint density at radius 3 is 2.03 bits per heavy atom. The maximum absolute atomic E-state index is 13.5. The second kappa shape index (κ2) is 12.1. The standard InChI is InChI=1S/C27H29ClN2O2/c1-2-17-29-27(32)25(18-21-9-5-3-6-10-21)30(20-23-11-7-4-8-12-23)26(31)19-22-13-15-24(28)16-14-22/h3-16,25H,2,17-20H2,1H3,(H,29,32)/t25-/m1/s1. The molecule has 3 rings (SSSR count). The van der Waals surface area contributed by atoms with Gasteiger partial charge in [0.05, 0.1) is 6.42 Å². The largest absolute Gasteiger partial charge is 0.354 e. The van der Waals surface area contributed by atoms with Gasteiger partial charge in [0.1, 0.15) is 6.04 Å². The minimum absolute atomic E-state index is 0.0937. The van der Waals surface area contributed by atoms with Crippen molar-refractivity contribution in [2.24, 2.45) is 0 Å². The first-order valence-electron chi connectivity index (χ1n) is 11.0. The van der Waals surface area contributed by atoms with E-state index in [-0.39, 0.29) is 18.2 Å². The van der Waals surface area contributed by atoms with Crippen molar-refractivity contribution >= 4 is 23.4 Å². The Bertz CT molecular complexity index is 991. The quantitative estimate of drug-likeness (QED) is 0.472. The Morgan fingerprint density at radius 1 is 0.844 bits per heavy atom. The fourth-order valence-corrected chi connectivity index (χ4v) is 3.70. The molecule has 0 radical (unpaired) electrons. The van der Waals surface area contributed by atoms with E-state index in [0.717, 1.165) is 23.1 Å². The van der Waals surface area contributed by atoms with Gasteiger partial charge in [-0.05, 0) is 35.2 Å². The third-order valence-corrected chi connectivity index (χ3v) is 5.54. The summed E-state index contributed by atoms with van der Waals surface area (Å²) in [7, 11) is 0. The Kier molecular flexibility index (Phi) is 8.88. The van der Waals surface area contributed by atoms with Gasteiger partial charge in [0.15, 0.2) is 0 Å². The van der Waals surface area contributed by atoms with Gasteiger partial charge in [-0.25, -0.2) is 0 Å². The molecule has 0 unspecified atom stereocenters. The molecule has 0 aliphatic heterocycles. The lowest BCUT2D eigenvalue weighted by Gasteiger charge is -2.31. The van der Waals surface area contributed by atoms with E-state index in [2.05, 4.69) is 5.32 Å². The molecule has 0 aromatic heterocycles. The molecule has 3 aromatic carbocycles. The number of amides is 2. The molecule has 0 aliphatic carbocycles. The summed E-state index contributed by atoms with van der Waals surface area (Å²) in [6.45, 7) is 2.96. The van der Waals surface area contributed by atoms with Crippen molar-refractivity contribution in [3.8, 4) is 0 Å². The summed E-state index contributed by atoms with van der Waals surface area (Å²) in [4.78, 5) is 28.5. The molecular formula is C27H29ClN2O2. The van der Waals surface area contributed by atoms with Crippen molar-refractivity contribution < 1.29 is 9.59 Å². The molecule has 4 nitrogen and oxygen atoms in total. The van der Waals surface area contributed by atoms with Gasteiger partial charge >= 0.3 is 0 Å². The van der Waals surface area contributed by atoms with Gasteiger partial charge in [-0.15, -0.1) is 0 Å². The fraction of sp³-hybridized carbons (Fsp3) is 0.259. The molecule has 32 heavy (non-hydrogen) atoms. The summed E-state index contributed by atoms with van der Waals surface area (Å²) in [6, 6.07) is 26.3. The maximum Gasteiger partial charge on any atom is 0.243 e. The minimum atomic E-state index is -0.607. The van der Waals surface area contributed by atoms with Gasteiger partial charge in [-0.3, -0.25) is 9.59 Å². The zero-order chi connectivity index (χ0) is 22.8. The molecule has 0 fully saturated rings. The van der Waals surface area contributed by atoms with E-state index in [1.807, 2.05) is 79.7 Å². The lowest BCUT2D eigenvalue weighted by atomic mass is 10.0. The molecule has 5 heteroatoms. The van der Waals surface area contributed by atoms with Crippen LogP contribution in [0.2, 0.25) is 5.02 Å². The Balaban J connectivity index is 1.92. The zero-order valence-corrected chi connectivity index (χ0v) is 19.1. The lowest BCUT2D eigenvalue weighted by molar-refractivity contribution is -0.140. The number of carbonyl (C=O) groups excluding carboxylic acids is 2. The SMILES string of the molecule is CCCNC(=O)[C@@H](Cc1ccccc1)N(Cc1ccccc1)C(=O)Cc1ccc(Cl)cc1. The van der Waals surface area contributed by atoms with Crippen LogP contribution >= 0.6 is 11.6 Å². The number of nitrogens with one attached hydrogen (secondary N) is 1. The van der Waals surface area contributed by atoms with Crippen molar-refractivity contribution in [2.75, 3.05) is 6.54 Å². The minimum Gasteiger partial charge on any atom is -0.354 e. The molecule has 3 aromatic rings. The molecule has 0 saturated carbocycles. The molecular weight excluding hydrogens is 420 g/mol. The predicted octanol–water partition coefficient (Wildman–Crippen LogP) is 5.05. The Morgan fingerprint density at radius 2 is 1.44 bits per heavy atom. The van der Waals surface area contributed by atoms with Gasteiger partial charge in [0, 0.05) is 24.5 Å². The fourth-order valence-electron chi connectivity index (χ4n) is 3.58. The average molecular weight is 449 g/mol. The first kappa shape index (κ1) is 23.6. The van der Waals surface area contributed by atoms with Crippen LogP contribution in [-0.2, 0) is 29.0 Å². The predicted molar refractivity (Wildman–Crippen MR) is 129 cm³/mol. The summed E-state index contributed by atoms with van der Waals surface area (Å²) in [5.74, 6) is -0.222. The summed E-state index contributed by atoms with van der Waals surface area (Å²) in [5.41, 5.74) is 2.87. The molecule has 0 aliphatic rings. The smallest absolute Gasteiger partial charge is 0.243 e. The van der Waals surface area contributed by atoms with Crippen LogP contribution in [-0.4, -0.2) is 29.3 Å². The highest BCUT2D eigenvalue weighted by molar-refractivity contribution is 6.30. The summed E-state index contributed by atoms with van der Waals surface area (Å²) in [5, 5.41) is 3.62. The molecule has 1 atom stereocenters. The van der Waals surface area contributed by atoms with E-state index in [1.165, 1.54) is 0 Å². The summed E-state index contributed by atoms with van der Waals surface area (Å²) < 4.78 is 0. The second-order valence-corrected chi connectivity index (χ2v) is 8.24. The summed E-state index contributed by atoms with van der Waals surface area (Å²) >= 11 is 6.00. The van der Waals surface area contributed by atoms with Crippen LogP contribution in [0.1, 0.15) is 30.0 Å². The van der Waals surface area contributed by atoms with Crippen molar-refractivity contribution in [1.82, 2.24) is 10.2 Å². The van der Waals surface area contributed by atoms with Crippen molar-refractivity contribution in [3.05, 3.63) is 107 Å². The monoisotopic (exact) mass is 448 g/mol. The highest BCUT2D eigenvalue weighted by Gasteiger charge is 2.30. The van der Waals surface area contributed by atoms with Crippen molar-refractivity contribution in [1.29, 1.82) is 0 Å². The van der Waals surface area contributed by atoms with E-state index in [1.54, 1.807) is 17.0 Å². The molecule has 1 N–H and O–H groups in total. The molecule has 0 heterocycles. The third-order valence-electron chi connectivity index (χ3n) is 5.28. The number of hydrogen-bond donors (Lipinski definition) is 1. The van der Waals surface area contributed by atoms with Gasteiger partial charge in [0.2, 0.25) is 11.8 Å². The molecule has 0 saturated heterocycles. The number of carbonyl (C=O) groups is 2. The number of benzene rings is 3. The number of halogens is 1. The number of rotatable bonds is 10. The van der Waals surface area contributed by atoms with Crippen LogP contribution in [0.3, 0.4) is 0 Å². The van der Waals surface area contributed by atoms with E-state index in [0.29, 0.717) is 24.5 Å². The maximum atomic E-state index is 13.5. The topological polar surface area (TPSA) is 49.4 Å². The molecule has 0 spiro atoms. The highest BCUT2D eigenvalue weighted by Crippen LogP contribution is 2.17. The van der Waals surface area contributed by atoms with E-state index in [9.17, 15) is 9.59 Å².